The van der Waals surface area contributed by atoms with Gasteiger partial charge in [0.25, 0.3) is 11.5 Å². The second-order valence-corrected chi connectivity index (χ2v) is 8.88. The number of rotatable bonds is 8. The van der Waals surface area contributed by atoms with Gasteiger partial charge in [-0.25, -0.2) is 18.9 Å². The van der Waals surface area contributed by atoms with Crippen molar-refractivity contribution in [2.24, 2.45) is 0 Å². The second kappa shape index (κ2) is 8.53. The van der Waals surface area contributed by atoms with Gasteiger partial charge in [-0.05, 0) is 44.0 Å². The molecule has 2 heterocycles. The topological polar surface area (TPSA) is 128 Å². The maximum absolute atomic E-state index is 12.5. The number of hydrogen-bond acceptors (Lipinski definition) is 7. The van der Waals surface area contributed by atoms with E-state index < -0.39 is 20.5 Å². The van der Waals surface area contributed by atoms with Crippen LogP contribution in [0.2, 0.25) is 0 Å². The summed E-state index contributed by atoms with van der Waals surface area (Å²) in [6, 6.07) is 6.59. The minimum atomic E-state index is -3.83. The van der Waals surface area contributed by atoms with E-state index in [4.69, 9.17) is 9.94 Å². The molecule has 0 spiro atoms. The predicted octanol–water partition coefficient (Wildman–Crippen LogP) is 1.01. The van der Waals surface area contributed by atoms with Gasteiger partial charge in [-0.15, -0.1) is 0 Å². The molecule has 28 heavy (non-hydrogen) atoms. The van der Waals surface area contributed by atoms with Gasteiger partial charge in [0.2, 0.25) is 5.88 Å². The number of sulfone groups is 1. The monoisotopic (exact) mass is 409 g/mol. The molecule has 0 saturated heterocycles. The molecule has 0 radical (unpaired) electrons. The highest BCUT2D eigenvalue weighted by Crippen LogP contribution is 2.27. The van der Waals surface area contributed by atoms with Crippen molar-refractivity contribution in [3.05, 3.63) is 47.0 Å². The number of hydrogen-bond donors (Lipinski definition) is 2. The van der Waals surface area contributed by atoms with Crippen LogP contribution in [0.25, 0.3) is 11.1 Å². The second-order valence-electron chi connectivity index (χ2n) is 6.43. The molecule has 0 bridgehead atoms. The van der Waals surface area contributed by atoms with Crippen LogP contribution in [-0.4, -0.2) is 46.7 Å². The Morgan fingerprint density at radius 1 is 1.39 bits per heavy atom. The maximum Gasteiger partial charge on any atom is 0.264 e. The molecule has 0 aliphatic heterocycles. The minimum Gasteiger partial charge on any atom is -0.478 e. The van der Waals surface area contributed by atoms with E-state index in [1.165, 1.54) is 29.2 Å². The number of carbonyl (C=O) groups is 1. The first-order valence-corrected chi connectivity index (χ1v) is 10.5. The Labute approximate surface area is 162 Å². The fraction of sp³-hybridized carbons (Fsp3) is 0.389. The van der Waals surface area contributed by atoms with E-state index in [9.17, 15) is 18.0 Å². The summed E-state index contributed by atoms with van der Waals surface area (Å²) in [5.74, 6) is -0.636. The van der Waals surface area contributed by atoms with Crippen LogP contribution in [0, 0.1) is 0 Å². The lowest BCUT2D eigenvalue weighted by atomic mass is 10.1. The number of ether oxygens (including phenoxy) is 1. The first kappa shape index (κ1) is 21.6. The lowest BCUT2D eigenvalue weighted by molar-refractivity contribution is -0.131. The highest BCUT2D eigenvalue weighted by molar-refractivity contribution is 7.92. The van der Waals surface area contributed by atoms with E-state index in [1.54, 1.807) is 24.4 Å². The quantitative estimate of drug-likeness (QED) is 0.492. The Kier molecular flexibility index (Phi) is 6.57. The average molecular weight is 409 g/mol. The Balaban J connectivity index is 2.31. The molecule has 1 atom stereocenters. The van der Waals surface area contributed by atoms with Gasteiger partial charge in [-0.2, -0.15) is 0 Å². The van der Waals surface area contributed by atoms with E-state index in [-0.39, 0.29) is 18.5 Å². The third kappa shape index (κ3) is 4.39. The zero-order valence-electron chi connectivity index (χ0n) is 15.9. The molecule has 2 N–H and O–H groups in total. The summed E-state index contributed by atoms with van der Waals surface area (Å²) in [5.41, 5.74) is 2.28. The summed E-state index contributed by atoms with van der Waals surface area (Å²) in [6.45, 7) is 3.44. The molecule has 10 heteroatoms. The minimum absolute atomic E-state index is 0.0263. The van der Waals surface area contributed by atoms with E-state index in [2.05, 4.69) is 4.98 Å². The van der Waals surface area contributed by atoms with Crippen LogP contribution < -0.4 is 15.8 Å². The van der Waals surface area contributed by atoms with Crippen molar-refractivity contribution in [3.63, 3.8) is 0 Å². The number of hydroxylamine groups is 1. The molecule has 0 fully saturated rings. The summed E-state index contributed by atoms with van der Waals surface area (Å²) in [7, 11) is -3.83. The zero-order chi connectivity index (χ0) is 20.9. The summed E-state index contributed by atoms with van der Waals surface area (Å²) in [5, 5.41) is 8.87. The molecule has 1 amide bonds. The molecule has 2 rings (SSSR count). The predicted molar refractivity (Wildman–Crippen MR) is 103 cm³/mol. The van der Waals surface area contributed by atoms with Gasteiger partial charge in [0.1, 0.15) is 0 Å². The van der Waals surface area contributed by atoms with Gasteiger partial charge in [0, 0.05) is 36.8 Å². The standard InChI is InChI=1S/C18H23N3O6S/c1-4-27-16-14(6-5-9-19-16)13-7-10-21(15(22)12-13)11-8-18(2,17(23)20-24)28(3,25)26/h5-7,9-10,12,24H,4,8,11H2,1-3H3,(H,20,23). The van der Waals surface area contributed by atoms with Crippen molar-refractivity contribution in [1.29, 1.82) is 0 Å². The first-order valence-electron chi connectivity index (χ1n) is 8.57. The first-order chi connectivity index (χ1) is 13.1. The number of aryl methyl sites for hydroxylation is 1. The zero-order valence-corrected chi connectivity index (χ0v) is 16.7. The van der Waals surface area contributed by atoms with Crippen LogP contribution >= 0.6 is 0 Å². The molecule has 9 nitrogen and oxygen atoms in total. The van der Waals surface area contributed by atoms with E-state index in [0.717, 1.165) is 6.26 Å². The Bertz CT molecular complexity index is 1020. The summed E-state index contributed by atoms with van der Waals surface area (Å²) in [6.07, 6.45) is 3.83. The normalized spacial score (nSPS) is 13.6. The van der Waals surface area contributed by atoms with E-state index >= 15 is 0 Å². The summed E-state index contributed by atoms with van der Waals surface area (Å²) in [4.78, 5) is 28.5. The summed E-state index contributed by atoms with van der Waals surface area (Å²) >= 11 is 0. The summed E-state index contributed by atoms with van der Waals surface area (Å²) < 4.78 is 28.9. The SMILES string of the molecule is CCOc1ncccc1-c1ccn(CCC(C)(C(=O)NO)S(C)(=O)=O)c(=O)c1. The molecule has 0 aliphatic rings. The molecule has 2 aromatic heterocycles. The Hall–Kier alpha value is -2.72. The third-order valence-corrected chi connectivity index (χ3v) is 6.62. The van der Waals surface area contributed by atoms with Gasteiger partial charge in [0.15, 0.2) is 14.6 Å². The molecular weight excluding hydrogens is 386 g/mol. The van der Waals surface area contributed by atoms with Crippen LogP contribution in [0.5, 0.6) is 5.88 Å². The third-order valence-electron chi connectivity index (χ3n) is 4.59. The van der Waals surface area contributed by atoms with Crippen LogP contribution in [-0.2, 0) is 21.2 Å². The number of carbonyl (C=O) groups excluding carboxylic acids is 1. The number of amides is 1. The van der Waals surface area contributed by atoms with Crippen molar-refractivity contribution in [2.45, 2.75) is 31.6 Å². The molecule has 0 saturated carbocycles. The Morgan fingerprint density at radius 2 is 2.11 bits per heavy atom. The molecule has 1 unspecified atom stereocenters. The van der Waals surface area contributed by atoms with Crippen molar-refractivity contribution >= 4 is 15.7 Å². The lowest BCUT2D eigenvalue weighted by Gasteiger charge is -2.25. The van der Waals surface area contributed by atoms with Gasteiger partial charge in [-0.3, -0.25) is 14.8 Å². The van der Waals surface area contributed by atoms with Gasteiger partial charge in [0.05, 0.1) is 6.61 Å². The smallest absolute Gasteiger partial charge is 0.264 e. The van der Waals surface area contributed by atoms with Crippen molar-refractivity contribution in [1.82, 2.24) is 15.0 Å². The lowest BCUT2D eigenvalue weighted by Crippen LogP contribution is -2.49. The Morgan fingerprint density at radius 3 is 2.68 bits per heavy atom. The molecule has 152 valence electrons. The molecule has 0 aromatic carbocycles. The maximum atomic E-state index is 12.5. The van der Waals surface area contributed by atoms with E-state index in [0.29, 0.717) is 23.6 Å². The average Bonchev–Trinajstić information content (AvgIpc) is 2.65. The van der Waals surface area contributed by atoms with E-state index in [1.807, 2.05) is 6.92 Å². The molecular formula is C18H23N3O6S. The van der Waals surface area contributed by atoms with Gasteiger partial charge < -0.3 is 9.30 Å². The van der Waals surface area contributed by atoms with Crippen LogP contribution in [0.1, 0.15) is 20.3 Å². The van der Waals surface area contributed by atoms with Crippen LogP contribution in [0.3, 0.4) is 0 Å². The largest absolute Gasteiger partial charge is 0.478 e. The number of nitrogens with one attached hydrogen (secondary N) is 1. The van der Waals surface area contributed by atoms with Crippen LogP contribution in [0.4, 0.5) is 0 Å². The van der Waals surface area contributed by atoms with Crippen LogP contribution in [0.15, 0.2) is 41.5 Å². The molecule has 0 aliphatic carbocycles. The highest BCUT2D eigenvalue weighted by atomic mass is 32.2. The van der Waals surface area contributed by atoms with Crippen molar-refractivity contribution < 1.29 is 23.2 Å². The van der Waals surface area contributed by atoms with Gasteiger partial charge in [-0.1, -0.05) is 0 Å². The van der Waals surface area contributed by atoms with Crippen molar-refractivity contribution in [3.8, 4) is 17.0 Å². The highest BCUT2D eigenvalue weighted by Gasteiger charge is 2.43. The fourth-order valence-electron chi connectivity index (χ4n) is 2.64. The number of aromatic nitrogens is 2. The fourth-order valence-corrected chi connectivity index (χ4v) is 3.49. The van der Waals surface area contributed by atoms with Gasteiger partial charge >= 0.3 is 0 Å². The number of nitrogens with zero attached hydrogens (tertiary/aromatic N) is 2. The van der Waals surface area contributed by atoms with Crippen molar-refractivity contribution in [2.75, 3.05) is 12.9 Å². The number of pyridine rings is 2. The molecule has 2 aromatic rings.